The van der Waals surface area contributed by atoms with E-state index in [0.717, 1.165) is 16.2 Å². The van der Waals surface area contributed by atoms with Crippen molar-refractivity contribution in [3.63, 3.8) is 0 Å². The van der Waals surface area contributed by atoms with E-state index in [2.05, 4.69) is 4.72 Å². The van der Waals surface area contributed by atoms with Crippen LogP contribution < -0.4 is 4.72 Å². The van der Waals surface area contributed by atoms with Gasteiger partial charge in [0.25, 0.3) is 5.91 Å². The van der Waals surface area contributed by atoms with E-state index >= 15 is 0 Å². The Morgan fingerprint density at radius 3 is 2.58 bits per heavy atom. The second-order valence-electron chi connectivity index (χ2n) is 6.74. The maximum absolute atomic E-state index is 12.0. The molecular weight excluding hydrogens is 328 g/mol. The van der Waals surface area contributed by atoms with Crippen LogP contribution in [-0.2, 0) is 30.6 Å². The summed E-state index contributed by atoms with van der Waals surface area (Å²) in [6, 6.07) is 7.85. The van der Waals surface area contributed by atoms with Gasteiger partial charge in [-0.3, -0.25) is 9.63 Å². The number of carbonyl (C=O) groups is 1. The summed E-state index contributed by atoms with van der Waals surface area (Å²) in [5.74, 6) is -0.129. The Kier molecular flexibility index (Phi) is 4.06. The molecule has 0 unspecified atom stereocenters. The van der Waals surface area contributed by atoms with Crippen molar-refractivity contribution in [1.29, 1.82) is 0 Å². The lowest BCUT2D eigenvalue weighted by Crippen LogP contribution is -2.38. The van der Waals surface area contributed by atoms with Gasteiger partial charge < -0.3 is 0 Å². The molecule has 0 radical (unpaired) electrons. The van der Waals surface area contributed by atoms with Crippen molar-refractivity contribution in [2.24, 2.45) is 0 Å². The SMILES string of the molecule is CON(C)C(=O)/C=C/[C@@]1(C)C[C@]2(CCS(=O)(=O)N2)c2ccccc21. The Balaban J connectivity index is 2.00. The summed E-state index contributed by atoms with van der Waals surface area (Å²) in [5.41, 5.74) is 1.06. The van der Waals surface area contributed by atoms with Crippen LogP contribution >= 0.6 is 0 Å². The van der Waals surface area contributed by atoms with Crippen molar-refractivity contribution in [3.05, 3.63) is 47.5 Å². The van der Waals surface area contributed by atoms with E-state index in [0.29, 0.717) is 12.8 Å². The van der Waals surface area contributed by atoms with Gasteiger partial charge in [0.05, 0.1) is 18.4 Å². The van der Waals surface area contributed by atoms with Gasteiger partial charge in [-0.2, -0.15) is 0 Å². The highest BCUT2D eigenvalue weighted by Crippen LogP contribution is 2.52. The minimum Gasteiger partial charge on any atom is -0.274 e. The number of hydrogen-bond acceptors (Lipinski definition) is 4. The molecule has 1 saturated heterocycles. The van der Waals surface area contributed by atoms with Crippen LogP contribution in [0.3, 0.4) is 0 Å². The summed E-state index contributed by atoms with van der Waals surface area (Å²) in [4.78, 5) is 16.9. The Hall–Kier alpha value is -1.70. The predicted octanol–water partition coefficient (Wildman–Crippen LogP) is 1.44. The van der Waals surface area contributed by atoms with Crippen LogP contribution in [0.15, 0.2) is 36.4 Å². The quantitative estimate of drug-likeness (QED) is 0.661. The minimum absolute atomic E-state index is 0.131. The third-order valence-corrected chi connectivity index (χ3v) is 6.50. The van der Waals surface area contributed by atoms with E-state index in [-0.39, 0.29) is 11.7 Å². The molecule has 0 bridgehead atoms. The van der Waals surface area contributed by atoms with Crippen LogP contribution in [0.4, 0.5) is 0 Å². The Morgan fingerprint density at radius 2 is 2.00 bits per heavy atom. The highest BCUT2D eigenvalue weighted by Gasteiger charge is 2.53. The molecule has 2 aliphatic rings. The fraction of sp³-hybridized carbons (Fsp3) is 0.471. The zero-order valence-electron chi connectivity index (χ0n) is 14.1. The van der Waals surface area contributed by atoms with E-state index in [1.165, 1.54) is 13.2 Å². The first-order valence-corrected chi connectivity index (χ1v) is 9.49. The smallest absolute Gasteiger partial charge is 0.269 e. The molecule has 1 amide bonds. The fourth-order valence-corrected chi connectivity index (χ4v) is 5.44. The minimum atomic E-state index is -3.25. The lowest BCUT2D eigenvalue weighted by molar-refractivity contribution is -0.162. The van der Waals surface area contributed by atoms with E-state index in [4.69, 9.17) is 4.84 Å². The molecule has 0 aromatic heterocycles. The van der Waals surface area contributed by atoms with E-state index in [1.54, 1.807) is 7.05 Å². The number of sulfonamides is 1. The van der Waals surface area contributed by atoms with Gasteiger partial charge in [0, 0.05) is 18.5 Å². The second-order valence-corrected chi connectivity index (χ2v) is 8.59. The molecule has 1 aromatic rings. The zero-order valence-corrected chi connectivity index (χ0v) is 14.9. The molecule has 1 aromatic carbocycles. The van der Waals surface area contributed by atoms with Gasteiger partial charge in [-0.25, -0.2) is 18.2 Å². The van der Waals surface area contributed by atoms with Crippen LogP contribution in [0.2, 0.25) is 0 Å². The van der Waals surface area contributed by atoms with E-state index in [9.17, 15) is 13.2 Å². The molecule has 1 aliphatic heterocycles. The average Bonchev–Trinajstić information content (AvgIpc) is 2.99. The molecular formula is C17H22N2O4S. The fourth-order valence-electron chi connectivity index (χ4n) is 3.84. The lowest BCUT2D eigenvalue weighted by atomic mass is 9.81. The number of likely N-dealkylation sites (N-methyl/N-ethyl adjacent to an activating group) is 1. The van der Waals surface area contributed by atoms with Crippen molar-refractivity contribution in [2.75, 3.05) is 19.9 Å². The monoisotopic (exact) mass is 350 g/mol. The first-order chi connectivity index (χ1) is 11.2. The molecule has 1 spiro atoms. The molecule has 7 heteroatoms. The van der Waals surface area contributed by atoms with Crippen LogP contribution in [-0.4, -0.2) is 39.3 Å². The number of benzene rings is 1. The highest BCUT2D eigenvalue weighted by atomic mass is 32.2. The molecule has 1 fully saturated rings. The first kappa shape index (κ1) is 17.1. The maximum atomic E-state index is 12.0. The van der Waals surface area contributed by atoms with Crippen molar-refractivity contribution in [3.8, 4) is 0 Å². The van der Waals surface area contributed by atoms with Gasteiger partial charge >= 0.3 is 0 Å². The Bertz CT molecular complexity index is 805. The van der Waals surface area contributed by atoms with Gasteiger partial charge in [-0.05, 0) is 24.0 Å². The molecule has 1 heterocycles. The maximum Gasteiger partial charge on any atom is 0.269 e. The normalized spacial score (nSPS) is 30.8. The Labute approximate surface area is 142 Å². The summed E-state index contributed by atoms with van der Waals surface area (Å²) >= 11 is 0. The number of hydroxylamine groups is 2. The molecule has 0 saturated carbocycles. The van der Waals surface area contributed by atoms with Crippen molar-refractivity contribution >= 4 is 15.9 Å². The second kappa shape index (κ2) is 5.68. The van der Waals surface area contributed by atoms with Crippen molar-refractivity contribution in [1.82, 2.24) is 9.79 Å². The molecule has 1 N–H and O–H groups in total. The summed E-state index contributed by atoms with van der Waals surface area (Å²) < 4.78 is 26.9. The Morgan fingerprint density at radius 1 is 1.33 bits per heavy atom. The summed E-state index contributed by atoms with van der Waals surface area (Å²) in [6.07, 6.45) is 4.48. The van der Waals surface area contributed by atoms with Crippen LogP contribution in [0.1, 0.15) is 30.9 Å². The van der Waals surface area contributed by atoms with Crippen LogP contribution in [0.25, 0.3) is 0 Å². The van der Waals surface area contributed by atoms with Crippen molar-refractivity contribution in [2.45, 2.75) is 30.7 Å². The molecule has 130 valence electrons. The zero-order chi connectivity index (χ0) is 17.6. The number of nitrogens with one attached hydrogen (secondary N) is 1. The standard InChI is InChI=1S/C17H22N2O4S/c1-16(9-8-15(20)19(2)23-3)12-17(10-11-24(21,22)18-17)14-7-5-4-6-13(14)16/h4-9,18H,10-12H2,1-3H3/b9-8+/t16-,17+/m0/s1. The van der Waals surface area contributed by atoms with Crippen LogP contribution in [0.5, 0.6) is 0 Å². The van der Waals surface area contributed by atoms with E-state index in [1.807, 2.05) is 37.3 Å². The van der Waals surface area contributed by atoms with Crippen molar-refractivity contribution < 1.29 is 18.0 Å². The third kappa shape index (κ3) is 2.76. The molecule has 1 aliphatic carbocycles. The molecule has 24 heavy (non-hydrogen) atoms. The predicted molar refractivity (Wildman–Crippen MR) is 90.5 cm³/mol. The molecule has 6 nitrogen and oxygen atoms in total. The number of amides is 1. The van der Waals surface area contributed by atoms with E-state index < -0.39 is 21.0 Å². The number of nitrogens with zero attached hydrogens (tertiary/aromatic N) is 1. The number of allylic oxidation sites excluding steroid dienone is 1. The highest BCUT2D eigenvalue weighted by molar-refractivity contribution is 7.89. The van der Waals surface area contributed by atoms with Gasteiger partial charge in [0.1, 0.15) is 0 Å². The summed E-state index contributed by atoms with van der Waals surface area (Å²) in [7, 11) is -0.272. The number of fused-ring (bicyclic) bond motifs is 2. The van der Waals surface area contributed by atoms with Gasteiger partial charge in [-0.1, -0.05) is 37.3 Å². The van der Waals surface area contributed by atoms with Gasteiger partial charge in [0.2, 0.25) is 10.0 Å². The average molecular weight is 350 g/mol. The lowest BCUT2D eigenvalue weighted by Gasteiger charge is -2.26. The van der Waals surface area contributed by atoms with Gasteiger partial charge in [-0.15, -0.1) is 0 Å². The van der Waals surface area contributed by atoms with Gasteiger partial charge in [0.15, 0.2) is 0 Å². The third-order valence-electron chi connectivity index (χ3n) is 5.05. The largest absolute Gasteiger partial charge is 0.274 e. The summed E-state index contributed by atoms with van der Waals surface area (Å²) in [5, 5.41) is 1.15. The number of carbonyl (C=O) groups excluding carboxylic acids is 1. The molecule has 2 atom stereocenters. The number of rotatable bonds is 3. The van der Waals surface area contributed by atoms with Crippen LogP contribution in [0, 0.1) is 0 Å². The topological polar surface area (TPSA) is 75.7 Å². The first-order valence-electron chi connectivity index (χ1n) is 7.84. The number of hydrogen-bond donors (Lipinski definition) is 1. The summed E-state index contributed by atoms with van der Waals surface area (Å²) in [6.45, 7) is 2.03. The molecule has 3 rings (SSSR count).